The topological polar surface area (TPSA) is 89.3 Å². The summed E-state index contributed by atoms with van der Waals surface area (Å²) in [6.45, 7) is 2.94. The van der Waals surface area contributed by atoms with Crippen molar-refractivity contribution in [2.24, 2.45) is 0 Å². The van der Waals surface area contributed by atoms with Gasteiger partial charge in [-0.25, -0.2) is 0 Å². The Hall–Kier alpha value is -2.06. The molecular formula is C16H20N4O3S. The zero-order chi connectivity index (χ0) is 16.8. The highest BCUT2D eigenvalue weighted by Gasteiger charge is 2.16. The summed E-state index contributed by atoms with van der Waals surface area (Å²) in [5, 5.41) is 10.0. The molecule has 1 fully saturated rings. The average molecular weight is 348 g/mol. The van der Waals surface area contributed by atoms with E-state index < -0.39 is 0 Å². The number of aryl methyl sites for hydroxylation is 1. The lowest BCUT2D eigenvalue weighted by Gasteiger charge is -2.22. The third-order valence-corrected chi connectivity index (χ3v) is 4.64. The van der Waals surface area contributed by atoms with Gasteiger partial charge < -0.3 is 19.9 Å². The van der Waals surface area contributed by atoms with Gasteiger partial charge in [0.15, 0.2) is 6.61 Å². The molecule has 0 aliphatic carbocycles. The fraction of sp³-hybridized carbons (Fsp3) is 0.438. The third kappa shape index (κ3) is 4.97. The first-order valence-electron chi connectivity index (χ1n) is 7.82. The van der Waals surface area contributed by atoms with Crippen molar-refractivity contribution in [3.8, 4) is 5.75 Å². The Bertz CT molecular complexity index is 668. The van der Waals surface area contributed by atoms with E-state index in [0.29, 0.717) is 23.9 Å². The van der Waals surface area contributed by atoms with Crippen LogP contribution in [0.1, 0.15) is 18.1 Å². The van der Waals surface area contributed by atoms with E-state index in [1.54, 1.807) is 19.1 Å². The van der Waals surface area contributed by atoms with Crippen LogP contribution < -0.4 is 15.4 Å². The summed E-state index contributed by atoms with van der Waals surface area (Å²) in [6.07, 6.45) is 0.489. The summed E-state index contributed by atoms with van der Waals surface area (Å²) in [7, 11) is 0. The molecule has 1 unspecified atom stereocenters. The Morgan fingerprint density at radius 3 is 2.96 bits per heavy atom. The van der Waals surface area contributed by atoms with Gasteiger partial charge in [-0.3, -0.25) is 4.79 Å². The number of amides is 1. The molecule has 2 heterocycles. The van der Waals surface area contributed by atoms with Crippen molar-refractivity contribution in [2.45, 2.75) is 26.0 Å². The molecule has 0 saturated carbocycles. The molecule has 0 radical (unpaired) electrons. The van der Waals surface area contributed by atoms with Crippen LogP contribution in [0.2, 0.25) is 0 Å². The van der Waals surface area contributed by atoms with Gasteiger partial charge in [0.25, 0.3) is 0 Å². The predicted octanol–water partition coefficient (Wildman–Crippen LogP) is 1.99. The first kappa shape index (κ1) is 16.8. The molecule has 1 amide bonds. The minimum absolute atomic E-state index is 0.0194. The number of thioether (sulfide) groups is 1. The van der Waals surface area contributed by atoms with Gasteiger partial charge in [-0.2, -0.15) is 16.7 Å². The van der Waals surface area contributed by atoms with Gasteiger partial charge in [0.2, 0.25) is 17.6 Å². The molecule has 7 nitrogen and oxygen atoms in total. The maximum atomic E-state index is 12.1. The lowest BCUT2D eigenvalue weighted by Crippen LogP contribution is -2.39. The number of carbonyl (C=O) groups is 1. The van der Waals surface area contributed by atoms with Gasteiger partial charge in [0.1, 0.15) is 5.75 Å². The summed E-state index contributed by atoms with van der Waals surface area (Å²) in [4.78, 5) is 16.1. The molecule has 0 bridgehead atoms. The van der Waals surface area contributed by atoms with E-state index in [2.05, 4.69) is 20.8 Å². The molecule has 2 aromatic rings. The summed E-state index contributed by atoms with van der Waals surface area (Å²) in [6, 6.07) is 7.49. The van der Waals surface area contributed by atoms with Crippen molar-refractivity contribution in [2.75, 3.05) is 23.4 Å². The highest BCUT2D eigenvalue weighted by atomic mass is 32.2. The van der Waals surface area contributed by atoms with Gasteiger partial charge in [-0.05, 0) is 24.3 Å². The molecule has 1 aliphatic heterocycles. The van der Waals surface area contributed by atoms with E-state index in [-0.39, 0.29) is 18.6 Å². The van der Waals surface area contributed by atoms with Crippen LogP contribution in [0.15, 0.2) is 28.8 Å². The van der Waals surface area contributed by atoms with E-state index in [0.717, 1.165) is 23.7 Å². The predicted molar refractivity (Wildman–Crippen MR) is 92.2 cm³/mol. The van der Waals surface area contributed by atoms with E-state index >= 15 is 0 Å². The second kappa shape index (κ2) is 8.16. The molecule has 8 heteroatoms. The van der Waals surface area contributed by atoms with Crippen LogP contribution in [0, 0.1) is 6.92 Å². The molecule has 1 saturated heterocycles. The van der Waals surface area contributed by atoms with Crippen molar-refractivity contribution < 1.29 is 14.1 Å². The molecule has 2 N–H and O–H groups in total. The van der Waals surface area contributed by atoms with Crippen LogP contribution in [-0.4, -0.2) is 40.1 Å². The minimum Gasteiger partial charge on any atom is -0.485 e. The number of nitrogens with one attached hydrogen (secondary N) is 2. The normalized spacial score (nSPS) is 17.5. The summed E-state index contributed by atoms with van der Waals surface area (Å²) in [5.41, 5.74) is 0.756. The van der Waals surface area contributed by atoms with Gasteiger partial charge in [0, 0.05) is 43.1 Å². The standard InChI is InChI=1S/C16H20N4O3S/c1-11-18-15(20-23-11)9-22-14-4-2-12(3-5-14)19-16(21)8-13-10-24-7-6-17-13/h2-5,13,17H,6-10H2,1H3,(H,19,21). The minimum atomic E-state index is 0.0194. The van der Waals surface area contributed by atoms with Crippen LogP contribution in [0.4, 0.5) is 5.69 Å². The second-order valence-corrected chi connectivity index (χ2v) is 6.67. The van der Waals surface area contributed by atoms with Crippen LogP contribution in [-0.2, 0) is 11.4 Å². The molecular weight excluding hydrogens is 328 g/mol. The highest BCUT2D eigenvalue weighted by molar-refractivity contribution is 7.99. The zero-order valence-corrected chi connectivity index (χ0v) is 14.3. The van der Waals surface area contributed by atoms with E-state index in [1.165, 1.54) is 0 Å². The molecule has 1 aliphatic rings. The Morgan fingerprint density at radius 2 is 2.29 bits per heavy atom. The van der Waals surface area contributed by atoms with Crippen molar-refractivity contribution in [3.63, 3.8) is 0 Å². The smallest absolute Gasteiger partial charge is 0.225 e. The maximum Gasteiger partial charge on any atom is 0.225 e. The summed E-state index contributed by atoms with van der Waals surface area (Å²) in [5.74, 6) is 3.81. The summed E-state index contributed by atoms with van der Waals surface area (Å²) < 4.78 is 10.5. The largest absolute Gasteiger partial charge is 0.485 e. The highest BCUT2D eigenvalue weighted by Crippen LogP contribution is 2.17. The lowest BCUT2D eigenvalue weighted by atomic mass is 10.2. The van der Waals surface area contributed by atoms with Gasteiger partial charge in [0.05, 0.1) is 0 Å². The fourth-order valence-electron chi connectivity index (χ4n) is 2.37. The first-order valence-corrected chi connectivity index (χ1v) is 8.97. The molecule has 128 valence electrons. The average Bonchev–Trinajstić information content (AvgIpc) is 3.00. The van der Waals surface area contributed by atoms with Crippen molar-refractivity contribution in [3.05, 3.63) is 36.0 Å². The Kier molecular flexibility index (Phi) is 5.71. The summed E-state index contributed by atoms with van der Waals surface area (Å²) >= 11 is 1.88. The number of hydrogen-bond acceptors (Lipinski definition) is 7. The van der Waals surface area contributed by atoms with E-state index in [1.807, 2.05) is 23.9 Å². The number of carbonyl (C=O) groups excluding carboxylic acids is 1. The van der Waals surface area contributed by atoms with Gasteiger partial charge in [-0.15, -0.1) is 0 Å². The third-order valence-electron chi connectivity index (χ3n) is 3.51. The van der Waals surface area contributed by atoms with Crippen LogP contribution in [0.3, 0.4) is 0 Å². The Morgan fingerprint density at radius 1 is 1.46 bits per heavy atom. The molecule has 1 aromatic carbocycles. The van der Waals surface area contributed by atoms with Crippen LogP contribution >= 0.6 is 11.8 Å². The van der Waals surface area contributed by atoms with Crippen molar-refractivity contribution >= 4 is 23.4 Å². The van der Waals surface area contributed by atoms with Gasteiger partial charge in [-0.1, -0.05) is 5.16 Å². The Balaban J connectivity index is 1.46. The Labute approximate surface area is 144 Å². The monoisotopic (exact) mass is 348 g/mol. The van der Waals surface area contributed by atoms with Crippen molar-refractivity contribution in [1.29, 1.82) is 0 Å². The number of anilines is 1. The number of ether oxygens (including phenoxy) is 1. The zero-order valence-electron chi connectivity index (χ0n) is 13.4. The number of rotatable bonds is 6. The number of nitrogens with zero attached hydrogens (tertiary/aromatic N) is 2. The number of hydrogen-bond donors (Lipinski definition) is 2. The molecule has 24 heavy (non-hydrogen) atoms. The SMILES string of the molecule is Cc1nc(COc2ccc(NC(=O)CC3CSCCN3)cc2)no1. The number of aromatic nitrogens is 2. The quantitative estimate of drug-likeness (QED) is 0.825. The fourth-order valence-corrected chi connectivity index (χ4v) is 3.32. The van der Waals surface area contributed by atoms with Crippen LogP contribution in [0.5, 0.6) is 5.75 Å². The molecule has 3 rings (SSSR count). The molecule has 0 spiro atoms. The van der Waals surface area contributed by atoms with Crippen LogP contribution in [0.25, 0.3) is 0 Å². The van der Waals surface area contributed by atoms with E-state index in [4.69, 9.17) is 9.26 Å². The van der Waals surface area contributed by atoms with Crippen molar-refractivity contribution in [1.82, 2.24) is 15.5 Å². The maximum absolute atomic E-state index is 12.1. The lowest BCUT2D eigenvalue weighted by molar-refractivity contribution is -0.116. The van der Waals surface area contributed by atoms with E-state index in [9.17, 15) is 4.79 Å². The first-order chi connectivity index (χ1) is 11.7. The molecule has 1 aromatic heterocycles. The van der Waals surface area contributed by atoms with Gasteiger partial charge >= 0.3 is 0 Å². The molecule has 1 atom stereocenters. The second-order valence-electron chi connectivity index (χ2n) is 5.52. The number of benzene rings is 1.